The summed E-state index contributed by atoms with van der Waals surface area (Å²) in [6.45, 7) is 6.40. The first-order chi connectivity index (χ1) is 12.3. The summed E-state index contributed by atoms with van der Waals surface area (Å²) in [5.41, 5.74) is 3.21. The summed E-state index contributed by atoms with van der Waals surface area (Å²) in [4.78, 5) is 23.7. The van der Waals surface area contributed by atoms with Crippen LogP contribution in [-0.4, -0.2) is 23.0 Å². The third-order valence-electron chi connectivity index (χ3n) is 4.38. The maximum atomic E-state index is 12.1. The van der Waals surface area contributed by atoms with Gasteiger partial charge in [0.05, 0.1) is 0 Å². The van der Waals surface area contributed by atoms with Gasteiger partial charge in [0, 0.05) is 12.8 Å². The molecule has 0 unspecified atom stereocenters. The lowest BCUT2D eigenvalue weighted by atomic mass is 9.86. The average Bonchev–Trinajstić information content (AvgIpc) is 2.60. The zero-order chi connectivity index (χ0) is 19.2. The number of carboxylic acids is 1. The number of aliphatic carboxylic acids is 1. The van der Waals surface area contributed by atoms with E-state index in [0.717, 1.165) is 11.1 Å². The van der Waals surface area contributed by atoms with E-state index >= 15 is 0 Å². The van der Waals surface area contributed by atoms with Crippen LogP contribution in [-0.2, 0) is 27.8 Å². The van der Waals surface area contributed by atoms with Crippen molar-refractivity contribution in [2.75, 3.05) is 0 Å². The molecule has 0 aromatic heterocycles. The maximum absolute atomic E-state index is 12.1. The number of benzene rings is 2. The molecule has 4 heteroatoms. The number of carbonyl (C=O) groups excluding carboxylic acids is 1. The van der Waals surface area contributed by atoms with Crippen LogP contribution in [0, 0.1) is 0 Å². The average molecular weight is 353 g/mol. The number of rotatable bonds is 7. The number of aryl methyl sites for hydroxylation is 1. The number of hydrogen-bond acceptors (Lipinski definition) is 2. The first-order valence-corrected chi connectivity index (χ1v) is 8.91. The van der Waals surface area contributed by atoms with E-state index in [1.165, 1.54) is 5.56 Å². The Balaban J connectivity index is 1.93. The van der Waals surface area contributed by atoms with E-state index in [0.29, 0.717) is 6.42 Å². The topological polar surface area (TPSA) is 66.4 Å². The van der Waals surface area contributed by atoms with Crippen molar-refractivity contribution in [1.29, 1.82) is 0 Å². The van der Waals surface area contributed by atoms with Gasteiger partial charge in [0.25, 0.3) is 0 Å². The molecule has 0 aliphatic rings. The Hall–Kier alpha value is -2.62. The van der Waals surface area contributed by atoms with Gasteiger partial charge in [0.1, 0.15) is 6.04 Å². The van der Waals surface area contributed by atoms with Crippen LogP contribution in [0.4, 0.5) is 0 Å². The van der Waals surface area contributed by atoms with Gasteiger partial charge < -0.3 is 10.4 Å². The molecule has 0 fully saturated rings. The van der Waals surface area contributed by atoms with Crippen LogP contribution >= 0.6 is 0 Å². The van der Waals surface area contributed by atoms with Crippen molar-refractivity contribution in [1.82, 2.24) is 5.32 Å². The van der Waals surface area contributed by atoms with Gasteiger partial charge in [-0.3, -0.25) is 4.79 Å². The molecule has 2 aromatic rings. The highest BCUT2D eigenvalue weighted by Gasteiger charge is 2.21. The van der Waals surface area contributed by atoms with E-state index in [1.807, 2.05) is 54.6 Å². The standard InChI is InChI=1S/C22H27NO3/c1-22(2,3)18-12-9-17(10-13-18)15-19(21(25)26)23-20(24)14-11-16-7-5-4-6-8-16/h4-10,12-13,19H,11,14-15H2,1-3H3,(H,23,24)(H,25,26)/t19-/m0/s1. The Morgan fingerprint density at radius 3 is 2.12 bits per heavy atom. The summed E-state index contributed by atoms with van der Waals surface area (Å²) in [6.07, 6.45) is 1.15. The van der Waals surface area contributed by atoms with Gasteiger partial charge in [-0.2, -0.15) is 0 Å². The fraction of sp³-hybridized carbons (Fsp3) is 0.364. The second-order valence-electron chi connectivity index (χ2n) is 7.59. The lowest BCUT2D eigenvalue weighted by Crippen LogP contribution is -2.42. The molecular weight excluding hydrogens is 326 g/mol. The molecule has 2 N–H and O–H groups in total. The van der Waals surface area contributed by atoms with E-state index in [4.69, 9.17) is 0 Å². The first kappa shape index (κ1) is 19.7. The van der Waals surface area contributed by atoms with Gasteiger partial charge in [-0.25, -0.2) is 4.79 Å². The molecule has 1 atom stereocenters. The van der Waals surface area contributed by atoms with Gasteiger partial charge in [-0.15, -0.1) is 0 Å². The second kappa shape index (κ2) is 8.65. The summed E-state index contributed by atoms with van der Waals surface area (Å²) in [6, 6.07) is 16.7. The van der Waals surface area contributed by atoms with Gasteiger partial charge in [0.2, 0.25) is 5.91 Å². The molecule has 0 spiro atoms. The molecule has 0 bridgehead atoms. The molecule has 4 nitrogen and oxygen atoms in total. The lowest BCUT2D eigenvalue weighted by Gasteiger charge is -2.20. The number of carbonyl (C=O) groups is 2. The molecule has 1 amide bonds. The van der Waals surface area contributed by atoms with Crippen LogP contribution in [0.15, 0.2) is 54.6 Å². The third kappa shape index (κ3) is 6.03. The number of amides is 1. The number of hydrogen-bond donors (Lipinski definition) is 2. The summed E-state index contributed by atoms with van der Waals surface area (Å²) in [7, 11) is 0. The van der Waals surface area contributed by atoms with Crippen LogP contribution in [0.25, 0.3) is 0 Å². The molecule has 0 aliphatic carbocycles. The zero-order valence-electron chi connectivity index (χ0n) is 15.7. The van der Waals surface area contributed by atoms with Crippen LogP contribution in [0.5, 0.6) is 0 Å². The molecule has 0 heterocycles. The minimum Gasteiger partial charge on any atom is -0.480 e. The SMILES string of the molecule is CC(C)(C)c1ccc(C[C@H](NC(=O)CCc2ccccc2)C(=O)O)cc1. The van der Waals surface area contributed by atoms with Crippen molar-refractivity contribution in [2.24, 2.45) is 0 Å². The predicted octanol–water partition coefficient (Wildman–Crippen LogP) is 3.73. The molecule has 2 rings (SSSR count). The molecule has 2 aromatic carbocycles. The van der Waals surface area contributed by atoms with E-state index in [1.54, 1.807) is 0 Å². The fourth-order valence-corrected chi connectivity index (χ4v) is 2.75. The molecule has 0 aliphatic heterocycles. The highest BCUT2D eigenvalue weighted by molar-refractivity contribution is 5.83. The van der Waals surface area contributed by atoms with Crippen LogP contribution in [0.3, 0.4) is 0 Å². The van der Waals surface area contributed by atoms with E-state index < -0.39 is 12.0 Å². The van der Waals surface area contributed by atoms with Gasteiger partial charge in [-0.05, 0) is 28.5 Å². The minimum atomic E-state index is -1.02. The monoisotopic (exact) mass is 353 g/mol. The summed E-state index contributed by atoms with van der Waals surface area (Å²) < 4.78 is 0. The highest BCUT2D eigenvalue weighted by atomic mass is 16.4. The fourth-order valence-electron chi connectivity index (χ4n) is 2.75. The Kier molecular flexibility index (Phi) is 6.56. The van der Waals surface area contributed by atoms with Crippen molar-refractivity contribution in [3.05, 3.63) is 71.3 Å². The molecule has 0 radical (unpaired) electrons. The largest absolute Gasteiger partial charge is 0.480 e. The molecule has 0 saturated heterocycles. The normalized spacial score (nSPS) is 12.4. The second-order valence-corrected chi connectivity index (χ2v) is 7.59. The quantitative estimate of drug-likeness (QED) is 0.797. The summed E-state index contributed by atoms with van der Waals surface area (Å²) in [5.74, 6) is -1.26. The van der Waals surface area contributed by atoms with E-state index in [9.17, 15) is 14.7 Å². The van der Waals surface area contributed by atoms with Crippen molar-refractivity contribution < 1.29 is 14.7 Å². The Bertz CT molecular complexity index is 730. The van der Waals surface area contributed by atoms with Crippen LogP contribution in [0.2, 0.25) is 0 Å². The van der Waals surface area contributed by atoms with Crippen LogP contribution < -0.4 is 5.32 Å². The first-order valence-electron chi connectivity index (χ1n) is 8.91. The van der Waals surface area contributed by atoms with E-state index in [-0.39, 0.29) is 24.2 Å². The smallest absolute Gasteiger partial charge is 0.326 e. The van der Waals surface area contributed by atoms with E-state index in [2.05, 4.69) is 26.1 Å². The maximum Gasteiger partial charge on any atom is 0.326 e. The van der Waals surface area contributed by atoms with Gasteiger partial charge >= 0.3 is 5.97 Å². The molecule has 0 saturated carbocycles. The predicted molar refractivity (Wildman–Crippen MR) is 103 cm³/mol. The molecular formula is C22H27NO3. The Labute approximate surface area is 155 Å². The minimum absolute atomic E-state index is 0.0520. The van der Waals surface area contributed by atoms with Crippen molar-refractivity contribution in [3.63, 3.8) is 0 Å². The van der Waals surface area contributed by atoms with Gasteiger partial charge in [-0.1, -0.05) is 75.4 Å². The van der Waals surface area contributed by atoms with Crippen molar-refractivity contribution >= 4 is 11.9 Å². The van der Waals surface area contributed by atoms with Crippen molar-refractivity contribution in [3.8, 4) is 0 Å². The third-order valence-corrected chi connectivity index (χ3v) is 4.38. The zero-order valence-corrected chi connectivity index (χ0v) is 15.7. The summed E-state index contributed by atoms with van der Waals surface area (Å²) >= 11 is 0. The van der Waals surface area contributed by atoms with Crippen molar-refractivity contribution in [2.45, 2.75) is 51.5 Å². The summed E-state index contributed by atoms with van der Waals surface area (Å²) in [5, 5.41) is 12.1. The highest BCUT2D eigenvalue weighted by Crippen LogP contribution is 2.22. The number of nitrogens with one attached hydrogen (secondary N) is 1. The molecule has 26 heavy (non-hydrogen) atoms. The Morgan fingerprint density at radius 2 is 1.58 bits per heavy atom. The number of carboxylic acid groups (broad SMARTS) is 1. The van der Waals surface area contributed by atoms with Crippen LogP contribution in [0.1, 0.15) is 43.9 Å². The lowest BCUT2D eigenvalue weighted by molar-refractivity contribution is -0.141. The van der Waals surface area contributed by atoms with Gasteiger partial charge in [0.15, 0.2) is 0 Å². The Morgan fingerprint density at radius 1 is 0.962 bits per heavy atom. The molecule has 138 valence electrons.